The van der Waals surface area contributed by atoms with Crippen LogP contribution < -0.4 is 0 Å². The van der Waals surface area contributed by atoms with Crippen LogP contribution >= 0.6 is 0 Å². The lowest BCUT2D eigenvalue weighted by molar-refractivity contribution is 0.0699. The first kappa shape index (κ1) is 14.6. The van der Waals surface area contributed by atoms with Gasteiger partial charge in [-0.3, -0.25) is 0 Å². The van der Waals surface area contributed by atoms with Gasteiger partial charge in [0, 0.05) is 31.0 Å². The first-order valence-corrected chi connectivity index (χ1v) is 8.67. The third-order valence-corrected chi connectivity index (χ3v) is 4.97. The fourth-order valence-corrected chi connectivity index (χ4v) is 3.75. The van der Waals surface area contributed by atoms with Crippen molar-refractivity contribution >= 4 is 16.7 Å². The molecule has 0 saturated carbocycles. The van der Waals surface area contributed by atoms with Crippen LogP contribution in [0.25, 0.3) is 27.9 Å². The van der Waals surface area contributed by atoms with Crippen molar-refractivity contribution in [3.8, 4) is 11.3 Å². The summed E-state index contributed by atoms with van der Waals surface area (Å²) >= 11 is 0. The molecule has 1 fully saturated rings. The molecular weight excluding hydrogens is 314 g/mol. The van der Waals surface area contributed by atoms with Gasteiger partial charge in [0.05, 0.1) is 17.4 Å². The minimum Gasteiger partial charge on any atom is -0.381 e. The SMILES string of the molecule is Cc1nc2ccc(-c3cnn4ccccc34)nc2n1C1CCOCC1. The molecule has 0 atom stereocenters. The Kier molecular flexibility index (Phi) is 3.31. The van der Waals surface area contributed by atoms with Gasteiger partial charge >= 0.3 is 0 Å². The molecule has 0 aliphatic carbocycles. The molecule has 0 aromatic carbocycles. The highest BCUT2D eigenvalue weighted by Crippen LogP contribution is 2.29. The Hall–Kier alpha value is -2.73. The average molecular weight is 333 g/mol. The zero-order valence-electron chi connectivity index (χ0n) is 14.1. The Morgan fingerprint density at radius 1 is 1.08 bits per heavy atom. The van der Waals surface area contributed by atoms with Crippen LogP contribution in [0.3, 0.4) is 0 Å². The van der Waals surface area contributed by atoms with Crippen molar-refractivity contribution in [1.29, 1.82) is 0 Å². The van der Waals surface area contributed by atoms with Crippen LogP contribution in [0.15, 0.2) is 42.7 Å². The Morgan fingerprint density at radius 2 is 1.96 bits per heavy atom. The van der Waals surface area contributed by atoms with E-state index in [1.807, 2.05) is 35.1 Å². The lowest BCUT2D eigenvalue weighted by Crippen LogP contribution is -2.20. The summed E-state index contributed by atoms with van der Waals surface area (Å²) in [5, 5.41) is 4.43. The van der Waals surface area contributed by atoms with Gasteiger partial charge in [-0.25, -0.2) is 14.5 Å². The van der Waals surface area contributed by atoms with Crippen molar-refractivity contribution < 1.29 is 4.74 Å². The molecule has 25 heavy (non-hydrogen) atoms. The monoisotopic (exact) mass is 333 g/mol. The summed E-state index contributed by atoms with van der Waals surface area (Å²) in [5.41, 5.74) is 4.94. The highest BCUT2D eigenvalue weighted by atomic mass is 16.5. The summed E-state index contributed by atoms with van der Waals surface area (Å²) in [5.74, 6) is 1.02. The van der Waals surface area contributed by atoms with Crippen molar-refractivity contribution in [1.82, 2.24) is 24.1 Å². The molecule has 1 aliphatic heterocycles. The lowest BCUT2D eigenvalue weighted by Gasteiger charge is -2.24. The number of rotatable bonds is 2. The van der Waals surface area contributed by atoms with Crippen LogP contribution in [-0.4, -0.2) is 37.4 Å². The number of hydrogen-bond donors (Lipinski definition) is 0. The van der Waals surface area contributed by atoms with Crippen LogP contribution in [0.4, 0.5) is 0 Å². The van der Waals surface area contributed by atoms with E-state index in [9.17, 15) is 0 Å². The summed E-state index contributed by atoms with van der Waals surface area (Å²) in [6, 6.07) is 10.6. The smallest absolute Gasteiger partial charge is 0.160 e. The number of imidazole rings is 1. The van der Waals surface area contributed by atoms with Crippen molar-refractivity contribution in [3.05, 3.63) is 48.5 Å². The van der Waals surface area contributed by atoms with E-state index in [0.717, 1.165) is 59.8 Å². The number of aromatic nitrogens is 5. The van der Waals surface area contributed by atoms with E-state index < -0.39 is 0 Å². The molecule has 1 aliphatic rings. The zero-order valence-corrected chi connectivity index (χ0v) is 14.1. The maximum atomic E-state index is 5.52. The summed E-state index contributed by atoms with van der Waals surface area (Å²) in [6.07, 6.45) is 5.85. The molecule has 1 saturated heterocycles. The van der Waals surface area contributed by atoms with Gasteiger partial charge in [-0.1, -0.05) is 6.07 Å². The quantitative estimate of drug-likeness (QED) is 0.564. The van der Waals surface area contributed by atoms with E-state index in [4.69, 9.17) is 14.7 Å². The standard InChI is InChI=1S/C19H19N5O/c1-13-21-17-6-5-16(15-12-20-23-9-3-2-4-18(15)23)22-19(17)24(13)14-7-10-25-11-8-14/h2-6,9,12,14H,7-8,10-11H2,1H3. The highest BCUT2D eigenvalue weighted by molar-refractivity contribution is 5.82. The first-order chi connectivity index (χ1) is 12.3. The Morgan fingerprint density at radius 3 is 2.84 bits per heavy atom. The number of pyridine rings is 2. The van der Waals surface area contributed by atoms with Crippen molar-refractivity contribution in [3.63, 3.8) is 0 Å². The second-order valence-electron chi connectivity index (χ2n) is 6.50. The minimum absolute atomic E-state index is 0.408. The first-order valence-electron chi connectivity index (χ1n) is 8.67. The van der Waals surface area contributed by atoms with Crippen molar-refractivity contribution in [2.75, 3.05) is 13.2 Å². The molecule has 4 aromatic rings. The Labute approximate surface area is 145 Å². The minimum atomic E-state index is 0.408. The summed E-state index contributed by atoms with van der Waals surface area (Å²) in [4.78, 5) is 9.68. The van der Waals surface area contributed by atoms with Gasteiger partial charge in [0.1, 0.15) is 11.3 Å². The molecule has 5 rings (SSSR count). The zero-order chi connectivity index (χ0) is 16.8. The molecule has 0 unspecified atom stereocenters. The predicted molar refractivity (Wildman–Crippen MR) is 95.5 cm³/mol. The van der Waals surface area contributed by atoms with E-state index >= 15 is 0 Å². The van der Waals surface area contributed by atoms with Crippen LogP contribution in [0.2, 0.25) is 0 Å². The fourth-order valence-electron chi connectivity index (χ4n) is 3.75. The molecule has 0 bridgehead atoms. The molecule has 6 nitrogen and oxygen atoms in total. The summed E-state index contributed by atoms with van der Waals surface area (Å²) < 4.78 is 9.68. The van der Waals surface area contributed by atoms with E-state index in [1.165, 1.54) is 0 Å². The third kappa shape index (κ3) is 2.33. The van der Waals surface area contributed by atoms with Crippen LogP contribution in [0.1, 0.15) is 24.7 Å². The maximum absolute atomic E-state index is 5.52. The largest absolute Gasteiger partial charge is 0.381 e. The summed E-state index contributed by atoms with van der Waals surface area (Å²) in [6.45, 7) is 3.67. The summed E-state index contributed by atoms with van der Waals surface area (Å²) in [7, 11) is 0. The number of aryl methyl sites for hydroxylation is 1. The molecule has 0 radical (unpaired) electrons. The molecule has 5 heterocycles. The number of hydrogen-bond acceptors (Lipinski definition) is 4. The van der Waals surface area contributed by atoms with Crippen molar-refractivity contribution in [2.45, 2.75) is 25.8 Å². The normalized spacial score (nSPS) is 16.0. The van der Waals surface area contributed by atoms with E-state index in [0.29, 0.717) is 6.04 Å². The van der Waals surface area contributed by atoms with E-state index in [1.54, 1.807) is 0 Å². The van der Waals surface area contributed by atoms with Crippen LogP contribution in [-0.2, 0) is 4.74 Å². The van der Waals surface area contributed by atoms with Gasteiger partial charge in [-0.05, 0) is 44.0 Å². The van der Waals surface area contributed by atoms with Crippen LogP contribution in [0.5, 0.6) is 0 Å². The molecule has 126 valence electrons. The number of fused-ring (bicyclic) bond motifs is 2. The van der Waals surface area contributed by atoms with Gasteiger partial charge in [-0.2, -0.15) is 5.10 Å². The molecule has 6 heteroatoms. The number of nitrogens with zero attached hydrogens (tertiary/aromatic N) is 5. The molecule has 0 spiro atoms. The topological polar surface area (TPSA) is 57.2 Å². The van der Waals surface area contributed by atoms with Gasteiger partial charge in [0.2, 0.25) is 0 Å². The highest BCUT2D eigenvalue weighted by Gasteiger charge is 2.21. The Balaban J connectivity index is 1.68. The van der Waals surface area contributed by atoms with Crippen LogP contribution in [0, 0.1) is 6.92 Å². The predicted octanol–water partition coefficient (Wildman–Crippen LogP) is 3.41. The molecule has 0 N–H and O–H groups in total. The van der Waals surface area contributed by atoms with E-state index in [2.05, 4.69) is 28.7 Å². The van der Waals surface area contributed by atoms with Gasteiger partial charge in [-0.15, -0.1) is 0 Å². The van der Waals surface area contributed by atoms with Gasteiger partial charge in [0.25, 0.3) is 0 Å². The third-order valence-electron chi connectivity index (χ3n) is 4.97. The maximum Gasteiger partial charge on any atom is 0.160 e. The lowest BCUT2D eigenvalue weighted by atomic mass is 10.1. The van der Waals surface area contributed by atoms with E-state index in [-0.39, 0.29) is 0 Å². The van der Waals surface area contributed by atoms with Gasteiger partial charge in [0.15, 0.2) is 5.65 Å². The molecule has 4 aromatic heterocycles. The Bertz CT molecular complexity index is 1060. The second kappa shape index (κ2) is 5.67. The molecular formula is C19H19N5O. The van der Waals surface area contributed by atoms with Crippen molar-refractivity contribution in [2.24, 2.45) is 0 Å². The second-order valence-corrected chi connectivity index (χ2v) is 6.50. The average Bonchev–Trinajstić information content (AvgIpc) is 3.22. The number of ether oxygens (including phenoxy) is 1. The molecule has 0 amide bonds. The fraction of sp³-hybridized carbons (Fsp3) is 0.316. The van der Waals surface area contributed by atoms with Gasteiger partial charge < -0.3 is 9.30 Å².